The van der Waals surface area contributed by atoms with Gasteiger partial charge in [-0.25, -0.2) is 4.57 Å². The van der Waals surface area contributed by atoms with Gasteiger partial charge in [-0.1, -0.05) is 100 Å². The fraction of sp³-hybridized carbons (Fsp3) is 0.645. The zero-order chi connectivity index (χ0) is 29.6. The maximum atomic E-state index is 12.2. The van der Waals surface area contributed by atoms with Crippen LogP contribution < -0.4 is 5.73 Å². The van der Waals surface area contributed by atoms with Gasteiger partial charge in [0.25, 0.3) is 0 Å². The molecule has 3 N–H and O–H groups in total. The number of phosphoric ester groups is 1. The molecular formula is C31H54NO7P. The van der Waals surface area contributed by atoms with Crippen molar-refractivity contribution in [3.63, 3.8) is 0 Å². The molecule has 9 heteroatoms. The lowest BCUT2D eigenvalue weighted by Crippen LogP contribution is -2.28. The standard InChI is InChI=1S/C31H54NO7P/c1-3-5-7-9-10-11-12-13-14-15-16-17-18-19-21-23-26-36-28-30(29-38-40(34,35)37-27-25-32)39-31(33)24-22-20-8-6-4-2/h5,7,10-11,13-14,16-17,19,21,30H,3-4,6,8-9,12,15,18,20,22-29,32H2,1-2H3,(H,34,35)/b7-5-,11-10-,14-13-,17-16-,21-19-. The molecule has 40 heavy (non-hydrogen) atoms. The Kier molecular flexibility index (Phi) is 27.4. The van der Waals surface area contributed by atoms with Crippen LogP contribution in [0.15, 0.2) is 60.8 Å². The van der Waals surface area contributed by atoms with Crippen LogP contribution in [-0.4, -0.2) is 49.9 Å². The number of allylic oxidation sites excluding steroid dienone is 9. The molecule has 8 nitrogen and oxygen atoms in total. The predicted octanol–water partition coefficient (Wildman–Crippen LogP) is 7.51. The Morgan fingerprint density at radius 1 is 0.775 bits per heavy atom. The van der Waals surface area contributed by atoms with Crippen LogP contribution in [0.3, 0.4) is 0 Å². The summed E-state index contributed by atoms with van der Waals surface area (Å²) in [6, 6.07) is 0. The number of hydrogen-bond donors (Lipinski definition) is 2. The molecule has 0 aromatic rings. The Hall–Kier alpha value is -1.80. The zero-order valence-corrected chi connectivity index (χ0v) is 25.7. The molecule has 0 aliphatic heterocycles. The zero-order valence-electron chi connectivity index (χ0n) is 24.8. The molecule has 230 valence electrons. The van der Waals surface area contributed by atoms with Crippen molar-refractivity contribution in [2.24, 2.45) is 5.73 Å². The highest BCUT2D eigenvalue weighted by molar-refractivity contribution is 7.47. The van der Waals surface area contributed by atoms with Crippen molar-refractivity contribution in [2.75, 3.05) is 33.0 Å². The first-order valence-electron chi connectivity index (χ1n) is 14.8. The topological polar surface area (TPSA) is 117 Å². The van der Waals surface area contributed by atoms with Gasteiger partial charge in [-0.15, -0.1) is 0 Å². The Labute approximate surface area is 243 Å². The summed E-state index contributed by atoms with van der Waals surface area (Å²) in [5.41, 5.74) is 5.30. The molecule has 2 atom stereocenters. The molecule has 0 bridgehead atoms. The monoisotopic (exact) mass is 583 g/mol. The van der Waals surface area contributed by atoms with E-state index in [2.05, 4.69) is 68.5 Å². The van der Waals surface area contributed by atoms with Crippen LogP contribution in [0.4, 0.5) is 0 Å². The highest BCUT2D eigenvalue weighted by Gasteiger charge is 2.25. The number of esters is 1. The van der Waals surface area contributed by atoms with Gasteiger partial charge < -0.3 is 20.1 Å². The molecule has 0 aromatic carbocycles. The third-order valence-electron chi connectivity index (χ3n) is 5.47. The van der Waals surface area contributed by atoms with Gasteiger partial charge in [0.05, 0.1) is 26.4 Å². The Morgan fingerprint density at radius 2 is 1.35 bits per heavy atom. The second kappa shape index (κ2) is 28.7. The molecule has 0 saturated carbocycles. The summed E-state index contributed by atoms with van der Waals surface area (Å²) in [6.45, 7) is 4.43. The van der Waals surface area contributed by atoms with Crippen molar-refractivity contribution in [2.45, 2.75) is 97.0 Å². The van der Waals surface area contributed by atoms with E-state index < -0.39 is 13.9 Å². The number of carbonyl (C=O) groups excluding carboxylic acids is 1. The van der Waals surface area contributed by atoms with Crippen LogP contribution >= 0.6 is 7.82 Å². The summed E-state index contributed by atoms with van der Waals surface area (Å²) in [5.74, 6) is -0.373. The van der Waals surface area contributed by atoms with Gasteiger partial charge in [-0.05, 0) is 44.9 Å². The summed E-state index contributed by atoms with van der Waals surface area (Å²) < 4.78 is 32.7. The van der Waals surface area contributed by atoms with E-state index >= 15 is 0 Å². The van der Waals surface area contributed by atoms with Gasteiger partial charge in [0.2, 0.25) is 0 Å². The molecule has 0 aromatic heterocycles. The molecule has 0 heterocycles. The lowest BCUT2D eigenvalue weighted by Gasteiger charge is -2.19. The summed E-state index contributed by atoms with van der Waals surface area (Å²) in [4.78, 5) is 22.0. The minimum atomic E-state index is -4.27. The third kappa shape index (κ3) is 27.8. The average molecular weight is 584 g/mol. The Bertz CT molecular complexity index is 793. The van der Waals surface area contributed by atoms with E-state index in [1.165, 1.54) is 0 Å². The maximum Gasteiger partial charge on any atom is 0.472 e. The summed E-state index contributed by atoms with van der Waals surface area (Å²) in [6.07, 6.45) is 31.5. The number of rotatable bonds is 27. The van der Waals surface area contributed by atoms with Gasteiger partial charge in [0, 0.05) is 13.0 Å². The summed E-state index contributed by atoms with van der Waals surface area (Å²) in [7, 11) is -4.27. The first-order valence-corrected chi connectivity index (χ1v) is 16.3. The third-order valence-corrected chi connectivity index (χ3v) is 6.45. The van der Waals surface area contributed by atoms with Crippen molar-refractivity contribution in [1.82, 2.24) is 0 Å². The van der Waals surface area contributed by atoms with Crippen LogP contribution in [0.5, 0.6) is 0 Å². The molecule has 0 aliphatic rings. The van der Waals surface area contributed by atoms with Crippen molar-refractivity contribution < 1.29 is 32.8 Å². The van der Waals surface area contributed by atoms with Crippen molar-refractivity contribution in [3.8, 4) is 0 Å². The number of nitrogens with two attached hydrogens (primary N) is 1. The Balaban J connectivity index is 4.26. The van der Waals surface area contributed by atoms with Crippen molar-refractivity contribution >= 4 is 13.8 Å². The second-order valence-corrected chi connectivity index (χ2v) is 10.7. The first kappa shape index (κ1) is 38.2. The molecule has 0 spiro atoms. The van der Waals surface area contributed by atoms with Crippen LogP contribution in [0.25, 0.3) is 0 Å². The quantitative estimate of drug-likeness (QED) is 0.0442. The predicted molar refractivity (Wildman–Crippen MR) is 164 cm³/mol. The molecule has 0 radical (unpaired) electrons. The van der Waals surface area contributed by atoms with E-state index in [1.54, 1.807) is 0 Å². The van der Waals surface area contributed by atoms with Crippen LogP contribution in [0.1, 0.15) is 90.9 Å². The largest absolute Gasteiger partial charge is 0.472 e. The lowest BCUT2D eigenvalue weighted by molar-refractivity contribution is -0.154. The number of ether oxygens (including phenoxy) is 2. The smallest absolute Gasteiger partial charge is 0.457 e. The van der Waals surface area contributed by atoms with Crippen molar-refractivity contribution in [1.29, 1.82) is 0 Å². The van der Waals surface area contributed by atoms with Gasteiger partial charge in [-0.2, -0.15) is 0 Å². The van der Waals surface area contributed by atoms with E-state index in [9.17, 15) is 14.3 Å². The molecule has 0 fully saturated rings. The van der Waals surface area contributed by atoms with E-state index in [-0.39, 0.29) is 32.3 Å². The molecule has 0 rings (SSSR count). The average Bonchev–Trinajstić information content (AvgIpc) is 2.94. The number of hydrogen-bond acceptors (Lipinski definition) is 7. The van der Waals surface area contributed by atoms with Gasteiger partial charge in [-0.3, -0.25) is 13.8 Å². The molecular weight excluding hydrogens is 529 g/mol. The fourth-order valence-corrected chi connectivity index (χ4v) is 4.12. The van der Waals surface area contributed by atoms with Crippen LogP contribution in [0.2, 0.25) is 0 Å². The Morgan fingerprint density at radius 3 is 1.93 bits per heavy atom. The SMILES string of the molecule is CC/C=C\C/C=C\C/C=C\C/C=C\C/C=C\CCOCC(COP(=O)(O)OCCN)OC(=O)CCCCCCC. The second-order valence-electron chi connectivity index (χ2n) is 9.23. The van der Waals surface area contributed by atoms with Gasteiger partial charge in [0.1, 0.15) is 6.10 Å². The summed E-state index contributed by atoms with van der Waals surface area (Å²) in [5, 5.41) is 0. The van der Waals surface area contributed by atoms with Gasteiger partial charge in [0.15, 0.2) is 0 Å². The van der Waals surface area contributed by atoms with Crippen LogP contribution in [-0.2, 0) is 27.9 Å². The first-order chi connectivity index (χ1) is 19.4. The number of unbranched alkanes of at least 4 members (excludes halogenated alkanes) is 4. The number of phosphoric acid groups is 1. The highest BCUT2D eigenvalue weighted by atomic mass is 31.2. The fourth-order valence-electron chi connectivity index (χ4n) is 3.35. The van der Waals surface area contributed by atoms with E-state index in [0.29, 0.717) is 19.4 Å². The molecule has 2 unspecified atom stereocenters. The van der Waals surface area contributed by atoms with E-state index in [1.807, 2.05) is 6.08 Å². The summed E-state index contributed by atoms with van der Waals surface area (Å²) >= 11 is 0. The molecule has 0 saturated heterocycles. The lowest BCUT2D eigenvalue weighted by atomic mass is 10.1. The minimum Gasteiger partial charge on any atom is -0.457 e. The van der Waals surface area contributed by atoms with E-state index in [4.69, 9.17) is 24.3 Å². The normalized spacial score (nSPS) is 14.8. The van der Waals surface area contributed by atoms with Crippen LogP contribution in [0, 0.1) is 0 Å². The minimum absolute atomic E-state index is 0.0587. The highest BCUT2D eigenvalue weighted by Crippen LogP contribution is 2.43. The van der Waals surface area contributed by atoms with E-state index in [0.717, 1.165) is 64.2 Å². The van der Waals surface area contributed by atoms with Crippen molar-refractivity contribution in [3.05, 3.63) is 60.8 Å². The number of carbonyl (C=O) groups is 1. The molecule has 0 aliphatic carbocycles. The van der Waals surface area contributed by atoms with Gasteiger partial charge >= 0.3 is 13.8 Å². The molecule has 0 amide bonds. The maximum absolute atomic E-state index is 12.2.